The first-order chi connectivity index (χ1) is 8.88. The molecule has 0 amide bonds. The summed E-state index contributed by atoms with van der Waals surface area (Å²) in [6.45, 7) is 2.06. The first-order valence-corrected chi connectivity index (χ1v) is 5.51. The molecular formula is C13H11F4NO. The topological polar surface area (TPSA) is 25.2 Å². The molecule has 2 aromatic rings. The van der Waals surface area contributed by atoms with Crippen molar-refractivity contribution in [2.24, 2.45) is 0 Å². The van der Waals surface area contributed by atoms with E-state index in [1.807, 2.05) is 6.92 Å². The fraction of sp³-hybridized carbons (Fsp3) is 0.231. The Hall–Kier alpha value is -1.98. The number of alkyl halides is 3. The van der Waals surface area contributed by atoms with E-state index in [1.165, 1.54) is 12.3 Å². The van der Waals surface area contributed by atoms with Gasteiger partial charge in [0.25, 0.3) is 0 Å². The molecule has 0 spiro atoms. The lowest BCUT2D eigenvalue weighted by molar-refractivity contribution is -0.139. The van der Waals surface area contributed by atoms with Crippen molar-refractivity contribution >= 4 is 5.69 Å². The Morgan fingerprint density at radius 3 is 2.53 bits per heavy atom. The summed E-state index contributed by atoms with van der Waals surface area (Å²) in [6, 6.07) is 4.54. The molecule has 0 saturated heterocycles. The average Bonchev–Trinajstić information content (AvgIpc) is 2.72. The molecule has 0 fully saturated rings. The van der Waals surface area contributed by atoms with Gasteiger partial charge in [-0.25, -0.2) is 4.39 Å². The molecule has 1 aromatic carbocycles. The molecule has 0 unspecified atom stereocenters. The summed E-state index contributed by atoms with van der Waals surface area (Å²) in [5, 5.41) is 2.77. The molecule has 102 valence electrons. The number of rotatable bonds is 3. The molecule has 0 radical (unpaired) electrons. The smallest absolute Gasteiger partial charge is 0.419 e. The summed E-state index contributed by atoms with van der Waals surface area (Å²) in [6.07, 6.45) is -3.21. The molecule has 1 N–H and O–H groups in total. The second-order valence-electron chi connectivity index (χ2n) is 4.07. The van der Waals surface area contributed by atoms with Crippen molar-refractivity contribution in [2.45, 2.75) is 19.6 Å². The van der Waals surface area contributed by atoms with Crippen LogP contribution in [0.2, 0.25) is 0 Å². The van der Waals surface area contributed by atoms with E-state index in [0.29, 0.717) is 5.76 Å². The number of nitrogens with one attached hydrogen (secondary N) is 1. The molecule has 0 aliphatic heterocycles. The Labute approximate surface area is 107 Å². The number of anilines is 1. The van der Waals surface area contributed by atoms with Crippen LogP contribution in [0.15, 0.2) is 34.9 Å². The van der Waals surface area contributed by atoms with Crippen LogP contribution in [0.25, 0.3) is 0 Å². The predicted octanol–water partition coefficient (Wildman–Crippen LogP) is 4.36. The lowest BCUT2D eigenvalue weighted by atomic mass is 10.1. The summed E-state index contributed by atoms with van der Waals surface area (Å²) in [7, 11) is 0. The Morgan fingerprint density at radius 2 is 1.95 bits per heavy atom. The van der Waals surface area contributed by atoms with Gasteiger partial charge < -0.3 is 9.73 Å². The highest BCUT2D eigenvalue weighted by Gasteiger charge is 2.34. The molecular weight excluding hydrogens is 262 g/mol. The van der Waals surface area contributed by atoms with Gasteiger partial charge in [0.1, 0.15) is 11.6 Å². The first kappa shape index (κ1) is 13.5. The lowest BCUT2D eigenvalue weighted by Gasteiger charge is -2.11. The van der Waals surface area contributed by atoms with Crippen molar-refractivity contribution in [3.05, 3.63) is 53.2 Å². The molecule has 0 aliphatic carbocycles. The van der Waals surface area contributed by atoms with E-state index in [9.17, 15) is 17.6 Å². The third kappa shape index (κ3) is 3.07. The van der Waals surface area contributed by atoms with E-state index in [0.717, 1.165) is 17.7 Å². The zero-order valence-corrected chi connectivity index (χ0v) is 10.0. The van der Waals surface area contributed by atoms with Crippen LogP contribution in [0.5, 0.6) is 0 Å². The Bertz CT molecular complexity index is 574. The fourth-order valence-electron chi connectivity index (χ4n) is 1.62. The maximum Gasteiger partial charge on any atom is 0.419 e. The van der Waals surface area contributed by atoms with Crippen molar-refractivity contribution < 1.29 is 22.0 Å². The Morgan fingerprint density at radius 1 is 1.21 bits per heavy atom. The highest BCUT2D eigenvalue weighted by atomic mass is 19.4. The van der Waals surface area contributed by atoms with E-state index in [4.69, 9.17) is 4.42 Å². The molecule has 0 atom stereocenters. The van der Waals surface area contributed by atoms with E-state index in [2.05, 4.69) is 5.32 Å². The number of aryl methyl sites for hydroxylation is 1. The standard InChI is InChI=1S/C13H11F4NO/c1-8-4-5-19-12(8)7-18-9-2-3-11(14)10(6-9)13(15,16)17/h2-6,18H,7H2,1H3. The van der Waals surface area contributed by atoms with Crippen molar-refractivity contribution in [3.8, 4) is 0 Å². The molecule has 19 heavy (non-hydrogen) atoms. The number of furan rings is 1. The zero-order valence-electron chi connectivity index (χ0n) is 10.0. The van der Waals surface area contributed by atoms with Crippen molar-refractivity contribution in [1.82, 2.24) is 0 Å². The minimum Gasteiger partial charge on any atom is -0.467 e. The minimum atomic E-state index is -4.71. The highest BCUT2D eigenvalue weighted by molar-refractivity contribution is 5.47. The van der Waals surface area contributed by atoms with Gasteiger partial charge in [0.15, 0.2) is 0 Å². The molecule has 0 saturated carbocycles. The quantitative estimate of drug-likeness (QED) is 0.841. The van der Waals surface area contributed by atoms with Crippen LogP contribution in [0, 0.1) is 12.7 Å². The van der Waals surface area contributed by atoms with E-state index >= 15 is 0 Å². The SMILES string of the molecule is Cc1ccoc1CNc1ccc(F)c(C(F)(F)F)c1. The predicted molar refractivity (Wildman–Crippen MR) is 62.2 cm³/mol. The Kier molecular flexibility index (Phi) is 3.50. The van der Waals surface area contributed by atoms with Crippen molar-refractivity contribution in [3.63, 3.8) is 0 Å². The number of halogens is 4. The number of benzene rings is 1. The van der Waals surface area contributed by atoms with E-state index in [-0.39, 0.29) is 12.2 Å². The lowest BCUT2D eigenvalue weighted by Crippen LogP contribution is -2.09. The largest absolute Gasteiger partial charge is 0.467 e. The van der Waals surface area contributed by atoms with Crippen LogP contribution in [-0.2, 0) is 12.7 Å². The molecule has 1 aromatic heterocycles. The van der Waals surface area contributed by atoms with Crippen LogP contribution in [0.3, 0.4) is 0 Å². The monoisotopic (exact) mass is 273 g/mol. The number of hydrogen-bond donors (Lipinski definition) is 1. The van der Waals surface area contributed by atoms with E-state index < -0.39 is 17.6 Å². The van der Waals surface area contributed by atoms with Gasteiger partial charge in [-0.05, 0) is 36.8 Å². The normalized spacial score (nSPS) is 11.6. The van der Waals surface area contributed by atoms with Crippen molar-refractivity contribution in [1.29, 1.82) is 0 Å². The maximum atomic E-state index is 13.1. The first-order valence-electron chi connectivity index (χ1n) is 5.51. The van der Waals surface area contributed by atoms with Gasteiger partial charge in [-0.2, -0.15) is 13.2 Å². The van der Waals surface area contributed by atoms with Gasteiger partial charge in [-0.15, -0.1) is 0 Å². The minimum absolute atomic E-state index is 0.185. The molecule has 1 heterocycles. The summed E-state index contributed by atoms with van der Waals surface area (Å²) < 4.78 is 55.8. The second kappa shape index (κ2) is 4.95. The molecule has 2 rings (SSSR count). The van der Waals surface area contributed by atoms with Crippen LogP contribution < -0.4 is 5.32 Å². The van der Waals surface area contributed by atoms with Gasteiger partial charge in [0, 0.05) is 5.69 Å². The summed E-state index contributed by atoms with van der Waals surface area (Å²) in [4.78, 5) is 0. The molecule has 0 aliphatic rings. The summed E-state index contributed by atoms with van der Waals surface area (Å²) in [5.41, 5.74) is -0.205. The van der Waals surface area contributed by atoms with E-state index in [1.54, 1.807) is 6.07 Å². The maximum absolute atomic E-state index is 13.1. The third-order valence-corrected chi connectivity index (χ3v) is 2.69. The fourth-order valence-corrected chi connectivity index (χ4v) is 1.62. The van der Waals surface area contributed by atoms with Gasteiger partial charge in [0.05, 0.1) is 18.4 Å². The average molecular weight is 273 g/mol. The molecule has 2 nitrogen and oxygen atoms in total. The van der Waals surface area contributed by atoms with Gasteiger partial charge >= 0.3 is 6.18 Å². The highest BCUT2D eigenvalue weighted by Crippen LogP contribution is 2.33. The van der Waals surface area contributed by atoms with Crippen LogP contribution in [0.1, 0.15) is 16.9 Å². The summed E-state index contributed by atoms with van der Waals surface area (Å²) in [5.74, 6) is -0.662. The van der Waals surface area contributed by atoms with Crippen LogP contribution in [0.4, 0.5) is 23.2 Å². The second-order valence-corrected chi connectivity index (χ2v) is 4.07. The third-order valence-electron chi connectivity index (χ3n) is 2.69. The number of hydrogen-bond acceptors (Lipinski definition) is 2. The summed E-state index contributed by atoms with van der Waals surface area (Å²) >= 11 is 0. The zero-order chi connectivity index (χ0) is 14.0. The van der Waals surface area contributed by atoms with Crippen LogP contribution >= 0.6 is 0 Å². The van der Waals surface area contributed by atoms with Gasteiger partial charge in [-0.3, -0.25) is 0 Å². The molecule has 6 heteroatoms. The van der Waals surface area contributed by atoms with Crippen LogP contribution in [-0.4, -0.2) is 0 Å². The van der Waals surface area contributed by atoms with Gasteiger partial charge in [-0.1, -0.05) is 0 Å². The van der Waals surface area contributed by atoms with Crippen molar-refractivity contribution in [2.75, 3.05) is 5.32 Å². The Balaban J connectivity index is 2.16. The molecule has 0 bridgehead atoms. The van der Waals surface area contributed by atoms with Gasteiger partial charge in [0.2, 0.25) is 0 Å².